The first kappa shape index (κ1) is 17.2. The summed E-state index contributed by atoms with van der Waals surface area (Å²) in [6.07, 6.45) is 2.45. The number of nitrogens with zero attached hydrogens (tertiary/aromatic N) is 3. The number of hydrogen-bond donors (Lipinski definition) is 2. The van der Waals surface area contributed by atoms with E-state index in [0.717, 1.165) is 43.3 Å². The fraction of sp³-hybridized carbons (Fsp3) is 0.688. The molecule has 3 heterocycles. The van der Waals surface area contributed by atoms with Gasteiger partial charge in [-0.1, -0.05) is 0 Å². The summed E-state index contributed by atoms with van der Waals surface area (Å²) in [5.74, 6) is -1.02. The SMILES string of the molecule is CNc1nc(CN2CCC3(CC2)C[C@H](C(=O)O)N(C(C)=O)C3)cs1. The summed E-state index contributed by atoms with van der Waals surface area (Å²) in [5, 5.41) is 15.5. The molecule has 132 valence electrons. The Morgan fingerprint density at radius 2 is 2.17 bits per heavy atom. The molecule has 2 aliphatic rings. The highest BCUT2D eigenvalue weighted by Gasteiger charge is 2.49. The Labute approximate surface area is 145 Å². The van der Waals surface area contributed by atoms with Crippen molar-refractivity contribution < 1.29 is 14.7 Å². The molecule has 1 atom stereocenters. The Balaban J connectivity index is 1.60. The molecule has 0 saturated carbocycles. The van der Waals surface area contributed by atoms with Crippen molar-refractivity contribution >= 4 is 28.3 Å². The van der Waals surface area contributed by atoms with Crippen LogP contribution in [-0.4, -0.2) is 64.5 Å². The lowest BCUT2D eigenvalue weighted by molar-refractivity contribution is -0.147. The fourth-order valence-corrected chi connectivity index (χ4v) is 4.54. The third-order valence-electron chi connectivity index (χ3n) is 5.27. The van der Waals surface area contributed by atoms with Crippen molar-refractivity contribution in [2.24, 2.45) is 5.41 Å². The molecule has 3 rings (SSSR count). The Hall–Kier alpha value is -1.67. The quantitative estimate of drug-likeness (QED) is 0.854. The summed E-state index contributed by atoms with van der Waals surface area (Å²) < 4.78 is 0. The molecule has 1 aromatic heterocycles. The maximum Gasteiger partial charge on any atom is 0.326 e. The normalized spacial score (nSPS) is 23.6. The van der Waals surface area contributed by atoms with Gasteiger partial charge < -0.3 is 15.3 Å². The number of carbonyl (C=O) groups is 2. The molecule has 0 aliphatic carbocycles. The van der Waals surface area contributed by atoms with Gasteiger partial charge in [-0.05, 0) is 37.8 Å². The van der Waals surface area contributed by atoms with Crippen LogP contribution in [0, 0.1) is 5.41 Å². The first-order valence-corrected chi connectivity index (χ1v) is 9.15. The van der Waals surface area contributed by atoms with E-state index in [1.165, 1.54) is 11.8 Å². The zero-order valence-corrected chi connectivity index (χ0v) is 14.9. The van der Waals surface area contributed by atoms with Gasteiger partial charge in [-0.15, -0.1) is 11.3 Å². The summed E-state index contributed by atoms with van der Waals surface area (Å²) in [4.78, 5) is 31.6. The molecule has 2 aliphatic heterocycles. The molecule has 1 spiro atoms. The van der Waals surface area contributed by atoms with Crippen molar-refractivity contribution in [2.45, 2.75) is 38.8 Å². The molecule has 7 nitrogen and oxygen atoms in total. The number of rotatable bonds is 4. The van der Waals surface area contributed by atoms with Gasteiger partial charge in [0.1, 0.15) is 6.04 Å². The van der Waals surface area contributed by atoms with Crippen LogP contribution in [0.3, 0.4) is 0 Å². The van der Waals surface area contributed by atoms with Gasteiger partial charge in [0.25, 0.3) is 0 Å². The molecule has 8 heteroatoms. The van der Waals surface area contributed by atoms with E-state index in [0.29, 0.717) is 13.0 Å². The van der Waals surface area contributed by atoms with E-state index in [-0.39, 0.29) is 11.3 Å². The summed E-state index contributed by atoms with van der Waals surface area (Å²) in [6.45, 7) is 4.71. The second kappa shape index (κ2) is 6.68. The minimum absolute atomic E-state index is 0.0383. The van der Waals surface area contributed by atoms with Crippen LogP contribution in [-0.2, 0) is 16.1 Å². The van der Waals surface area contributed by atoms with Gasteiger partial charge in [0, 0.05) is 32.4 Å². The molecule has 0 bridgehead atoms. The molecule has 0 aromatic carbocycles. The third-order valence-corrected chi connectivity index (χ3v) is 6.17. The number of piperidine rings is 1. The first-order valence-electron chi connectivity index (χ1n) is 8.27. The van der Waals surface area contributed by atoms with Crippen LogP contribution in [0.15, 0.2) is 5.38 Å². The zero-order chi connectivity index (χ0) is 17.3. The van der Waals surface area contributed by atoms with Crippen LogP contribution in [0.2, 0.25) is 0 Å². The molecular formula is C16H24N4O3S. The van der Waals surface area contributed by atoms with E-state index in [4.69, 9.17) is 0 Å². The predicted octanol–water partition coefficient (Wildman–Crippen LogP) is 1.47. The number of nitrogens with one attached hydrogen (secondary N) is 1. The molecule has 0 radical (unpaired) electrons. The highest BCUT2D eigenvalue weighted by atomic mass is 32.1. The number of anilines is 1. The van der Waals surface area contributed by atoms with Crippen LogP contribution in [0.1, 0.15) is 31.9 Å². The average molecular weight is 352 g/mol. The minimum Gasteiger partial charge on any atom is -0.480 e. The molecule has 1 aromatic rings. The Morgan fingerprint density at radius 3 is 2.67 bits per heavy atom. The standard InChI is InChI=1S/C16H24N4O3S/c1-11(21)20-10-16(7-13(20)14(22)23)3-5-19(6-4-16)8-12-9-24-15(17-2)18-12/h9,13H,3-8,10H2,1-2H3,(H,17,18)(H,22,23)/t13-/m1/s1. The molecule has 2 saturated heterocycles. The van der Waals surface area contributed by atoms with Gasteiger partial charge >= 0.3 is 5.97 Å². The number of carboxylic acids is 1. The lowest BCUT2D eigenvalue weighted by Crippen LogP contribution is -2.42. The van der Waals surface area contributed by atoms with E-state index >= 15 is 0 Å². The number of carbonyl (C=O) groups excluding carboxylic acids is 1. The fourth-order valence-electron chi connectivity index (χ4n) is 3.88. The lowest BCUT2D eigenvalue weighted by Gasteiger charge is -2.38. The van der Waals surface area contributed by atoms with Crippen LogP contribution in [0.5, 0.6) is 0 Å². The second-order valence-corrected chi connectivity index (χ2v) is 7.73. The number of hydrogen-bond acceptors (Lipinski definition) is 6. The summed E-state index contributed by atoms with van der Waals surface area (Å²) in [6, 6.07) is -0.661. The van der Waals surface area contributed by atoms with Crippen molar-refractivity contribution in [2.75, 3.05) is 32.0 Å². The van der Waals surface area contributed by atoms with Crippen molar-refractivity contribution in [1.29, 1.82) is 0 Å². The average Bonchev–Trinajstić information content (AvgIpc) is 3.15. The molecule has 2 fully saturated rings. The van der Waals surface area contributed by atoms with Crippen molar-refractivity contribution in [3.63, 3.8) is 0 Å². The van der Waals surface area contributed by atoms with Crippen molar-refractivity contribution in [1.82, 2.24) is 14.8 Å². The molecule has 24 heavy (non-hydrogen) atoms. The molecule has 1 amide bonds. The topological polar surface area (TPSA) is 85.8 Å². The first-order chi connectivity index (χ1) is 11.4. The van der Waals surface area contributed by atoms with Crippen molar-refractivity contribution in [3.8, 4) is 0 Å². The smallest absolute Gasteiger partial charge is 0.326 e. The van der Waals surface area contributed by atoms with Gasteiger partial charge in [-0.25, -0.2) is 9.78 Å². The van der Waals surface area contributed by atoms with Gasteiger partial charge in [-0.3, -0.25) is 9.69 Å². The van der Waals surface area contributed by atoms with E-state index in [1.54, 1.807) is 11.3 Å². The number of likely N-dealkylation sites (tertiary alicyclic amines) is 2. The van der Waals surface area contributed by atoms with Crippen LogP contribution < -0.4 is 5.32 Å². The highest BCUT2D eigenvalue weighted by Crippen LogP contribution is 2.43. The van der Waals surface area contributed by atoms with Gasteiger partial charge in [0.05, 0.1) is 5.69 Å². The third kappa shape index (κ3) is 3.39. The van der Waals surface area contributed by atoms with E-state index in [2.05, 4.69) is 20.6 Å². The van der Waals surface area contributed by atoms with Crippen molar-refractivity contribution in [3.05, 3.63) is 11.1 Å². The Morgan fingerprint density at radius 1 is 1.46 bits per heavy atom. The second-order valence-electron chi connectivity index (χ2n) is 6.88. The van der Waals surface area contributed by atoms with Gasteiger partial charge in [0.2, 0.25) is 5.91 Å². The van der Waals surface area contributed by atoms with E-state index < -0.39 is 12.0 Å². The largest absolute Gasteiger partial charge is 0.480 e. The van der Waals surface area contributed by atoms with Crippen LogP contribution in [0.25, 0.3) is 0 Å². The number of aromatic nitrogens is 1. The summed E-state index contributed by atoms with van der Waals surface area (Å²) in [5.41, 5.74) is 1.03. The Bertz CT molecular complexity index is 601. The maximum atomic E-state index is 11.8. The zero-order valence-electron chi connectivity index (χ0n) is 14.1. The number of thiazole rings is 1. The monoisotopic (exact) mass is 352 g/mol. The number of carboxylic acid groups (broad SMARTS) is 1. The number of amides is 1. The summed E-state index contributed by atoms with van der Waals surface area (Å²) >= 11 is 1.61. The number of aliphatic carboxylic acids is 1. The highest BCUT2D eigenvalue weighted by molar-refractivity contribution is 7.13. The predicted molar refractivity (Wildman–Crippen MR) is 92.0 cm³/mol. The maximum absolute atomic E-state index is 11.8. The molecule has 0 unspecified atom stereocenters. The molecule has 2 N–H and O–H groups in total. The van der Waals surface area contributed by atoms with E-state index in [9.17, 15) is 14.7 Å². The van der Waals surface area contributed by atoms with Gasteiger partial charge in [0.15, 0.2) is 5.13 Å². The molecular weight excluding hydrogens is 328 g/mol. The van der Waals surface area contributed by atoms with Crippen LogP contribution in [0.4, 0.5) is 5.13 Å². The Kier molecular flexibility index (Phi) is 4.78. The van der Waals surface area contributed by atoms with E-state index in [1.807, 2.05) is 7.05 Å². The van der Waals surface area contributed by atoms with Gasteiger partial charge in [-0.2, -0.15) is 0 Å². The minimum atomic E-state index is -0.883. The summed E-state index contributed by atoms with van der Waals surface area (Å²) in [7, 11) is 1.87. The lowest BCUT2D eigenvalue weighted by atomic mass is 9.76. The van der Waals surface area contributed by atoms with Crippen LogP contribution >= 0.6 is 11.3 Å².